The van der Waals surface area contributed by atoms with Gasteiger partial charge in [0.1, 0.15) is 11.5 Å². The molecule has 0 aromatic carbocycles. The van der Waals surface area contributed by atoms with Crippen LogP contribution in [0.3, 0.4) is 0 Å². The molecule has 3 aliphatic heterocycles. The first-order valence-corrected chi connectivity index (χ1v) is 8.68. The molecule has 0 aromatic rings. The molecular weight excluding hydrogens is 284 g/mol. The van der Waals surface area contributed by atoms with Crippen LogP contribution < -0.4 is 0 Å². The van der Waals surface area contributed by atoms with Crippen molar-refractivity contribution >= 4 is 5.97 Å². The van der Waals surface area contributed by atoms with Crippen molar-refractivity contribution in [1.82, 2.24) is 0 Å². The van der Waals surface area contributed by atoms with Gasteiger partial charge in [-0.1, -0.05) is 6.42 Å². The van der Waals surface area contributed by atoms with Crippen LogP contribution in [0.25, 0.3) is 0 Å². The lowest BCUT2D eigenvalue weighted by molar-refractivity contribution is -0.378. The van der Waals surface area contributed by atoms with E-state index in [0.717, 1.165) is 32.1 Å². The number of aliphatic hydroxyl groups excluding tert-OH is 1. The maximum absolute atomic E-state index is 12.6. The van der Waals surface area contributed by atoms with E-state index in [0.29, 0.717) is 18.9 Å². The summed E-state index contributed by atoms with van der Waals surface area (Å²) in [5.41, 5.74) is -1.05. The van der Waals surface area contributed by atoms with Crippen LogP contribution in [0.1, 0.15) is 45.4 Å². The van der Waals surface area contributed by atoms with Crippen molar-refractivity contribution < 1.29 is 24.5 Å². The molecule has 0 aromatic heterocycles. The van der Waals surface area contributed by atoms with Crippen molar-refractivity contribution in [2.45, 2.75) is 63.4 Å². The van der Waals surface area contributed by atoms with Gasteiger partial charge in [-0.2, -0.15) is 0 Å². The van der Waals surface area contributed by atoms with Crippen molar-refractivity contribution in [3.05, 3.63) is 0 Å². The number of carbonyl (C=O) groups is 1. The van der Waals surface area contributed by atoms with Crippen LogP contribution in [0, 0.1) is 28.6 Å². The lowest BCUT2D eigenvalue weighted by Crippen LogP contribution is -2.73. The number of aliphatic hydroxyl groups is 2. The molecule has 0 amide bonds. The Hall–Kier alpha value is -0.650. The maximum Gasteiger partial charge on any atom is 0.318 e. The zero-order chi connectivity index (χ0) is 15.3. The van der Waals surface area contributed by atoms with E-state index >= 15 is 0 Å². The summed E-state index contributed by atoms with van der Waals surface area (Å²) in [6.07, 6.45) is 4.66. The number of carbonyl (C=O) groups excluding carboxylic acids is 1. The van der Waals surface area contributed by atoms with Gasteiger partial charge in [0.05, 0.1) is 12.7 Å². The molecule has 122 valence electrons. The van der Waals surface area contributed by atoms with Gasteiger partial charge < -0.3 is 19.7 Å². The fourth-order valence-electron chi connectivity index (χ4n) is 6.88. The molecule has 5 nitrogen and oxygen atoms in total. The Bertz CT molecular complexity index is 537. The minimum absolute atomic E-state index is 0.0338. The van der Waals surface area contributed by atoms with Gasteiger partial charge in [0.25, 0.3) is 0 Å². The molecule has 1 spiro atoms. The first-order chi connectivity index (χ1) is 10.4. The summed E-state index contributed by atoms with van der Waals surface area (Å²) in [5.74, 6) is -1.05. The predicted molar refractivity (Wildman–Crippen MR) is 75.5 cm³/mol. The molecule has 6 aliphatic rings. The van der Waals surface area contributed by atoms with E-state index in [4.69, 9.17) is 9.47 Å². The average Bonchev–Trinajstić information content (AvgIpc) is 2.77. The normalized spacial score (nSPS) is 62.3. The maximum atomic E-state index is 12.6. The van der Waals surface area contributed by atoms with Crippen LogP contribution in [-0.4, -0.2) is 40.8 Å². The quantitative estimate of drug-likeness (QED) is 0.658. The van der Waals surface area contributed by atoms with E-state index in [1.165, 1.54) is 0 Å². The number of fused-ring (bicyclic) bond motifs is 3. The van der Waals surface area contributed by atoms with E-state index < -0.39 is 11.2 Å². The Morgan fingerprint density at radius 3 is 2.82 bits per heavy atom. The molecule has 8 atom stereocenters. The largest absolute Gasteiger partial charge is 0.461 e. The monoisotopic (exact) mass is 308 g/mol. The van der Waals surface area contributed by atoms with Crippen LogP contribution >= 0.6 is 0 Å². The number of hydrogen-bond donors (Lipinski definition) is 2. The third-order valence-electron chi connectivity index (χ3n) is 7.89. The second kappa shape index (κ2) is 3.87. The third-order valence-corrected chi connectivity index (χ3v) is 7.89. The number of hydrogen-bond acceptors (Lipinski definition) is 5. The standard InChI is InChI=1S/C17H24O5/c1-15-13-12(22-14(15)19)7-9-10(3-2-4-11(9)18)16(13)5-6-17(15,20)21-8-16/h9-13,18,20H,2-8H2,1H3/t9?,10?,11-,12+,13?,15-,16-,17+/m0/s1. The smallest absolute Gasteiger partial charge is 0.318 e. The molecule has 2 N–H and O–H groups in total. The molecule has 3 heterocycles. The molecule has 5 heteroatoms. The highest BCUT2D eigenvalue weighted by Crippen LogP contribution is 2.72. The van der Waals surface area contributed by atoms with Crippen molar-refractivity contribution in [3.8, 4) is 0 Å². The summed E-state index contributed by atoms with van der Waals surface area (Å²) in [6, 6.07) is 0. The lowest BCUT2D eigenvalue weighted by atomic mass is 9.41. The van der Waals surface area contributed by atoms with Crippen molar-refractivity contribution in [3.63, 3.8) is 0 Å². The zero-order valence-electron chi connectivity index (χ0n) is 13.0. The fraction of sp³-hybridized carbons (Fsp3) is 0.941. The van der Waals surface area contributed by atoms with Crippen molar-refractivity contribution in [2.75, 3.05) is 6.61 Å². The summed E-state index contributed by atoms with van der Waals surface area (Å²) in [6.45, 7) is 2.34. The highest BCUT2D eigenvalue weighted by atomic mass is 16.6. The van der Waals surface area contributed by atoms with Crippen LogP contribution in [-0.2, 0) is 14.3 Å². The Kier molecular flexibility index (Phi) is 2.42. The predicted octanol–water partition coefficient (Wildman–Crippen LogP) is 1.21. The molecule has 6 fully saturated rings. The summed E-state index contributed by atoms with van der Waals surface area (Å²) < 4.78 is 11.6. The van der Waals surface area contributed by atoms with E-state index in [-0.39, 0.29) is 35.4 Å². The van der Waals surface area contributed by atoms with Gasteiger partial charge in [0, 0.05) is 17.8 Å². The van der Waals surface area contributed by atoms with Gasteiger partial charge in [-0.25, -0.2) is 0 Å². The first-order valence-electron chi connectivity index (χ1n) is 8.68. The van der Waals surface area contributed by atoms with Gasteiger partial charge in [0.2, 0.25) is 0 Å². The average molecular weight is 308 g/mol. The molecule has 3 aliphatic carbocycles. The molecule has 6 rings (SSSR count). The number of rotatable bonds is 0. The van der Waals surface area contributed by atoms with Crippen LogP contribution in [0.5, 0.6) is 0 Å². The number of esters is 1. The van der Waals surface area contributed by atoms with Crippen LogP contribution in [0.2, 0.25) is 0 Å². The minimum atomic E-state index is -1.37. The first kappa shape index (κ1) is 13.8. The molecule has 3 unspecified atom stereocenters. The van der Waals surface area contributed by atoms with Crippen LogP contribution in [0.4, 0.5) is 0 Å². The lowest BCUT2D eigenvalue weighted by Gasteiger charge is -2.67. The molecular formula is C17H24O5. The van der Waals surface area contributed by atoms with E-state index in [1.54, 1.807) is 0 Å². The van der Waals surface area contributed by atoms with Gasteiger partial charge in [0.15, 0.2) is 5.79 Å². The third kappa shape index (κ3) is 1.24. The summed E-state index contributed by atoms with van der Waals surface area (Å²) in [5, 5.41) is 21.4. The SMILES string of the molecule is C[C@]12C(=O)O[C@@H]3CC4C(CCC[C@@H]4O)[C@@]4(CC[C@@]1(O)OC4)C32. The second-order valence-electron chi connectivity index (χ2n) is 8.43. The molecule has 2 bridgehead atoms. The van der Waals surface area contributed by atoms with Gasteiger partial charge >= 0.3 is 5.97 Å². The minimum Gasteiger partial charge on any atom is -0.461 e. The Balaban J connectivity index is 1.68. The molecule has 0 radical (unpaired) electrons. The van der Waals surface area contributed by atoms with Gasteiger partial charge in [-0.15, -0.1) is 0 Å². The van der Waals surface area contributed by atoms with Crippen LogP contribution in [0.15, 0.2) is 0 Å². The van der Waals surface area contributed by atoms with Gasteiger partial charge in [-0.3, -0.25) is 4.79 Å². The van der Waals surface area contributed by atoms with Gasteiger partial charge in [-0.05, 0) is 44.4 Å². The summed E-state index contributed by atoms with van der Waals surface area (Å²) in [7, 11) is 0. The fourth-order valence-corrected chi connectivity index (χ4v) is 6.88. The summed E-state index contributed by atoms with van der Waals surface area (Å²) in [4.78, 5) is 12.6. The molecule has 22 heavy (non-hydrogen) atoms. The van der Waals surface area contributed by atoms with Crippen molar-refractivity contribution in [1.29, 1.82) is 0 Å². The summed E-state index contributed by atoms with van der Waals surface area (Å²) >= 11 is 0. The molecule has 3 saturated carbocycles. The highest BCUT2D eigenvalue weighted by Gasteiger charge is 2.79. The van der Waals surface area contributed by atoms with Crippen molar-refractivity contribution in [2.24, 2.45) is 28.6 Å². The topological polar surface area (TPSA) is 76.0 Å². The second-order valence-corrected chi connectivity index (χ2v) is 8.43. The van der Waals surface area contributed by atoms with E-state index in [2.05, 4.69) is 0 Å². The van der Waals surface area contributed by atoms with E-state index in [9.17, 15) is 15.0 Å². The van der Waals surface area contributed by atoms with E-state index in [1.807, 2.05) is 6.92 Å². The highest BCUT2D eigenvalue weighted by molar-refractivity contribution is 5.81. The molecule has 3 saturated heterocycles. The Morgan fingerprint density at radius 2 is 2.09 bits per heavy atom. The Labute approximate surface area is 130 Å². The zero-order valence-corrected chi connectivity index (χ0v) is 13.0. The Morgan fingerprint density at radius 1 is 1.27 bits per heavy atom. The number of ether oxygens (including phenoxy) is 2.